The number of ether oxygens (including phenoxy) is 2. The van der Waals surface area contributed by atoms with E-state index in [4.69, 9.17) is 10.5 Å². The highest BCUT2D eigenvalue weighted by Gasteiger charge is 2.10. The maximum absolute atomic E-state index is 13.6. The van der Waals surface area contributed by atoms with Gasteiger partial charge in [0.1, 0.15) is 18.2 Å². The van der Waals surface area contributed by atoms with Gasteiger partial charge in [0.2, 0.25) is 0 Å². The SMILES string of the molecule is COC(=O)c1ccc(N)c(OCc2cc(Br)ccc2F)c1. The lowest BCUT2D eigenvalue weighted by Gasteiger charge is -2.11. The molecule has 0 aliphatic heterocycles. The number of nitrogen functional groups attached to an aromatic ring is 1. The molecule has 2 N–H and O–H groups in total. The second-order valence-corrected chi connectivity index (χ2v) is 5.18. The Kier molecular flexibility index (Phi) is 4.80. The van der Waals surface area contributed by atoms with Crippen LogP contribution in [-0.2, 0) is 11.3 Å². The second kappa shape index (κ2) is 6.58. The zero-order valence-electron chi connectivity index (χ0n) is 11.2. The summed E-state index contributed by atoms with van der Waals surface area (Å²) in [6, 6.07) is 9.11. The average molecular weight is 354 g/mol. The number of esters is 1. The molecule has 2 aromatic rings. The van der Waals surface area contributed by atoms with Crippen molar-refractivity contribution in [2.45, 2.75) is 6.61 Å². The Balaban J connectivity index is 2.19. The van der Waals surface area contributed by atoms with Crippen molar-refractivity contribution >= 4 is 27.6 Å². The number of rotatable bonds is 4. The Labute approximate surface area is 129 Å². The maximum Gasteiger partial charge on any atom is 0.337 e. The summed E-state index contributed by atoms with van der Waals surface area (Å²) in [5, 5.41) is 0. The molecule has 0 bridgehead atoms. The van der Waals surface area contributed by atoms with E-state index in [1.54, 1.807) is 18.2 Å². The Morgan fingerprint density at radius 2 is 2.05 bits per heavy atom. The van der Waals surface area contributed by atoms with Gasteiger partial charge in [-0.1, -0.05) is 15.9 Å². The molecular formula is C15H13BrFNO3. The average Bonchev–Trinajstić information content (AvgIpc) is 2.48. The van der Waals surface area contributed by atoms with E-state index in [0.717, 1.165) is 4.47 Å². The summed E-state index contributed by atoms with van der Waals surface area (Å²) < 4.78 is 24.5. The molecule has 0 aliphatic rings. The second-order valence-electron chi connectivity index (χ2n) is 4.27. The summed E-state index contributed by atoms with van der Waals surface area (Å²) in [5.74, 6) is -0.563. The molecule has 6 heteroatoms. The first-order chi connectivity index (χ1) is 10.0. The molecule has 2 aromatic carbocycles. The third-order valence-corrected chi connectivity index (χ3v) is 3.32. The van der Waals surface area contributed by atoms with Crippen LogP contribution in [0.3, 0.4) is 0 Å². The van der Waals surface area contributed by atoms with Crippen molar-refractivity contribution in [3.8, 4) is 5.75 Å². The fraction of sp³-hybridized carbons (Fsp3) is 0.133. The Hall–Kier alpha value is -2.08. The van der Waals surface area contributed by atoms with Crippen molar-refractivity contribution in [1.82, 2.24) is 0 Å². The number of halogens is 2. The van der Waals surface area contributed by atoms with Gasteiger partial charge in [-0.3, -0.25) is 0 Å². The number of benzene rings is 2. The Morgan fingerprint density at radius 3 is 2.76 bits per heavy atom. The summed E-state index contributed by atoms with van der Waals surface area (Å²) in [5.41, 5.74) is 6.84. The van der Waals surface area contributed by atoms with Crippen molar-refractivity contribution in [2.75, 3.05) is 12.8 Å². The molecule has 0 saturated heterocycles. The number of anilines is 1. The number of carbonyl (C=O) groups excluding carboxylic acids is 1. The summed E-state index contributed by atoms with van der Waals surface area (Å²) in [4.78, 5) is 11.5. The maximum atomic E-state index is 13.6. The minimum Gasteiger partial charge on any atom is -0.487 e. The van der Waals surface area contributed by atoms with Gasteiger partial charge in [0.15, 0.2) is 0 Å². The summed E-state index contributed by atoms with van der Waals surface area (Å²) in [6.45, 7) is 0.0000985. The molecule has 21 heavy (non-hydrogen) atoms. The van der Waals surface area contributed by atoms with Crippen LogP contribution < -0.4 is 10.5 Å². The van der Waals surface area contributed by atoms with E-state index in [9.17, 15) is 9.18 Å². The zero-order chi connectivity index (χ0) is 15.4. The van der Waals surface area contributed by atoms with E-state index in [0.29, 0.717) is 22.6 Å². The van der Waals surface area contributed by atoms with Crippen molar-refractivity contribution < 1.29 is 18.7 Å². The number of methoxy groups -OCH3 is 1. The first-order valence-corrected chi connectivity index (χ1v) is 6.85. The van der Waals surface area contributed by atoms with Gasteiger partial charge in [0.25, 0.3) is 0 Å². The molecule has 2 rings (SSSR count). The van der Waals surface area contributed by atoms with Crippen molar-refractivity contribution in [2.24, 2.45) is 0 Å². The third kappa shape index (κ3) is 3.72. The van der Waals surface area contributed by atoms with Gasteiger partial charge in [0, 0.05) is 10.0 Å². The molecule has 0 saturated carbocycles. The molecule has 0 fully saturated rings. The summed E-state index contributed by atoms with van der Waals surface area (Å²) in [7, 11) is 1.29. The molecule has 0 spiro atoms. The molecule has 0 heterocycles. The molecule has 0 aliphatic carbocycles. The highest BCUT2D eigenvalue weighted by Crippen LogP contribution is 2.25. The molecule has 110 valence electrons. The van der Waals surface area contributed by atoms with E-state index >= 15 is 0 Å². The monoisotopic (exact) mass is 353 g/mol. The lowest BCUT2D eigenvalue weighted by molar-refractivity contribution is 0.0600. The standard InChI is InChI=1S/C15H13BrFNO3/c1-20-15(19)9-2-5-13(18)14(7-9)21-8-10-6-11(16)3-4-12(10)17/h2-7H,8,18H2,1H3. The first-order valence-electron chi connectivity index (χ1n) is 6.06. The topological polar surface area (TPSA) is 61.5 Å². The molecular weight excluding hydrogens is 341 g/mol. The molecule has 0 amide bonds. The van der Waals surface area contributed by atoms with Crippen molar-refractivity contribution in [3.63, 3.8) is 0 Å². The minimum absolute atomic E-state index is 0.0000985. The smallest absolute Gasteiger partial charge is 0.337 e. The van der Waals surface area contributed by atoms with Crippen molar-refractivity contribution in [1.29, 1.82) is 0 Å². The van der Waals surface area contributed by atoms with E-state index in [1.807, 2.05) is 0 Å². The van der Waals surface area contributed by atoms with Gasteiger partial charge < -0.3 is 15.2 Å². The zero-order valence-corrected chi connectivity index (χ0v) is 12.8. The van der Waals surface area contributed by atoms with Crippen LogP contribution in [0.5, 0.6) is 5.75 Å². The largest absolute Gasteiger partial charge is 0.487 e. The van der Waals surface area contributed by atoms with Crippen LogP contribution in [0.4, 0.5) is 10.1 Å². The highest BCUT2D eigenvalue weighted by atomic mass is 79.9. The third-order valence-electron chi connectivity index (χ3n) is 2.83. The predicted molar refractivity (Wildman–Crippen MR) is 80.6 cm³/mol. The van der Waals surface area contributed by atoms with Gasteiger partial charge >= 0.3 is 5.97 Å². The highest BCUT2D eigenvalue weighted by molar-refractivity contribution is 9.10. The number of hydrogen-bond acceptors (Lipinski definition) is 4. The van der Waals surface area contributed by atoms with Gasteiger partial charge in [-0.25, -0.2) is 9.18 Å². The van der Waals surface area contributed by atoms with Crippen LogP contribution in [0.25, 0.3) is 0 Å². The number of carbonyl (C=O) groups is 1. The quantitative estimate of drug-likeness (QED) is 0.674. The molecule has 4 nitrogen and oxygen atoms in total. The van der Waals surface area contributed by atoms with Crippen LogP contribution >= 0.6 is 15.9 Å². The minimum atomic E-state index is -0.492. The molecule has 0 unspecified atom stereocenters. The van der Waals surface area contributed by atoms with Gasteiger partial charge in [-0.05, 0) is 36.4 Å². The van der Waals surface area contributed by atoms with Gasteiger partial charge in [-0.2, -0.15) is 0 Å². The lowest BCUT2D eigenvalue weighted by atomic mass is 10.2. The van der Waals surface area contributed by atoms with Crippen LogP contribution in [0.2, 0.25) is 0 Å². The first kappa shape index (κ1) is 15.3. The van der Waals surface area contributed by atoms with E-state index < -0.39 is 5.97 Å². The fourth-order valence-corrected chi connectivity index (χ4v) is 2.12. The Bertz CT molecular complexity index is 676. The van der Waals surface area contributed by atoms with E-state index in [1.165, 1.54) is 25.3 Å². The molecule has 0 atom stereocenters. The summed E-state index contributed by atoms with van der Waals surface area (Å²) >= 11 is 3.27. The van der Waals surface area contributed by atoms with Crippen LogP contribution in [0, 0.1) is 5.82 Å². The lowest BCUT2D eigenvalue weighted by Crippen LogP contribution is -2.05. The van der Waals surface area contributed by atoms with Gasteiger partial charge in [-0.15, -0.1) is 0 Å². The summed E-state index contributed by atoms with van der Waals surface area (Å²) in [6.07, 6.45) is 0. The van der Waals surface area contributed by atoms with Crippen LogP contribution in [0.1, 0.15) is 15.9 Å². The number of hydrogen-bond donors (Lipinski definition) is 1. The van der Waals surface area contributed by atoms with Crippen molar-refractivity contribution in [3.05, 3.63) is 57.8 Å². The molecule has 0 aromatic heterocycles. The Morgan fingerprint density at radius 1 is 1.29 bits per heavy atom. The molecule has 0 radical (unpaired) electrons. The van der Waals surface area contributed by atoms with Crippen LogP contribution in [-0.4, -0.2) is 13.1 Å². The number of nitrogens with two attached hydrogens (primary N) is 1. The fourth-order valence-electron chi connectivity index (χ4n) is 1.71. The predicted octanol–water partition coefficient (Wildman–Crippen LogP) is 3.54. The van der Waals surface area contributed by atoms with E-state index in [-0.39, 0.29) is 12.4 Å². The van der Waals surface area contributed by atoms with E-state index in [2.05, 4.69) is 20.7 Å². The van der Waals surface area contributed by atoms with Crippen LogP contribution in [0.15, 0.2) is 40.9 Å². The normalized spacial score (nSPS) is 10.2. The van der Waals surface area contributed by atoms with Gasteiger partial charge in [0.05, 0.1) is 18.4 Å².